The molecule has 3 aromatic rings. The summed E-state index contributed by atoms with van der Waals surface area (Å²) in [5, 5.41) is 7.97. The number of nitrogens with zero attached hydrogens (tertiary/aromatic N) is 2. The van der Waals surface area contributed by atoms with Crippen LogP contribution in [0, 0.1) is 0 Å². The van der Waals surface area contributed by atoms with Crippen molar-refractivity contribution >= 4 is 5.97 Å². The quantitative estimate of drug-likeness (QED) is 0.624. The van der Waals surface area contributed by atoms with Crippen molar-refractivity contribution in [1.29, 1.82) is 0 Å². The number of ether oxygens (including phenoxy) is 3. The van der Waals surface area contributed by atoms with Crippen LogP contribution in [0.3, 0.4) is 0 Å². The molecule has 26 heavy (non-hydrogen) atoms. The molecule has 0 amide bonds. The maximum absolute atomic E-state index is 12.6. The van der Waals surface area contributed by atoms with Crippen molar-refractivity contribution in [1.82, 2.24) is 10.2 Å². The lowest BCUT2D eigenvalue weighted by Crippen LogP contribution is -2.12. The number of hydrogen-bond donors (Lipinski definition) is 0. The van der Waals surface area contributed by atoms with E-state index < -0.39 is 12.1 Å². The van der Waals surface area contributed by atoms with Crippen LogP contribution in [0.25, 0.3) is 11.5 Å². The topological polar surface area (TPSA) is 83.7 Å². The Morgan fingerprint density at radius 1 is 0.962 bits per heavy atom. The van der Waals surface area contributed by atoms with E-state index in [0.29, 0.717) is 17.4 Å². The van der Waals surface area contributed by atoms with Gasteiger partial charge in [0.25, 0.3) is 5.89 Å². The van der Waals surface area contributed by atoms with Gasteiger partial charge in [-0.1, -0.05) is 24.3 Å². The zero-order valence-corrected chi connectivity index (χ0v) is 14.6. The Labute approximate surface area is 150 Å². The van der Waals surface area contributed by atoms with Gasteiger partial charge in [0, 0.05) is 5.56 Å². The van der Waals surface area contributed by atoms with Crippen molar-refractivity contribution in [3.63, 3.8) is 0 Å². The van der Waals surface area contributed by atoms with E-state index in [0.717, 1.165) is 5.56 Å². The Morgan fingerprint density at radius 3 is 2.23 bits per heavy atom. The summed E-state index contributed by atoms with van der Waals surface area (Å²) >= 11 is 0. The monoisotopic (exact) mass is 354 g/mol. The predicted octanol–water partition coefficient (Wildman–Crippen LogP) is 3.67. The van der Waals surface area contributed by atoms with Crippen molar-refractivity contribution < 1.29 is 23.4 Å². The van der Waals surface area contributed by atoms with Gasteiger partial charge in [0.15, 0.2) is 6.10 Å². The van der Waals surface area contributed by atoms with Gasteiger partial charge in [-0.05, 0) is 31.2 Å². The molecule has 1 atom stereocenters. The largest absolute Gasteiger partial charge is 0.496 e. The highest BCUT2D eigenvalue weighted by atomic mass is 16.6. The molecule has 0 saturated heterocycles. The lowest BCUT2D eigenvalue weighted by atomic mass is 10.1. The molecule has 0 aliphatic heterocycles. The molecule has 134 valence electrons. The molecule has 0 fully saturated rings. The highest BCUT2D eigenvalue weighted by Gasteiger charge is 2.25. The van der Waals surface area contributed by atoms with E-state index in [1.54, 1.807) is 25.1 Å². The maximum Gasteiger partial charge on any atom is 0.346 e. The minimum atomic E-state index is -0.734. The molecule has 0 bridgehead atoms. The number of carbonyl (C=O) groups excluding carboxylic acids is 1. The minimum absolute atomic E-state index is 0.200. The maximum atomic E-state index is 12.6. The summed E-state index contributed by atoms with van der Waals surface area (Å²) in [4.78, 5) is 12.6. The van der Waals surface area contributed by atoms with E-state index in [1.807, 2.05) is 30.3 Å². The number of benzene rings is 2. The third-order valence-electron chi connectivity index (χ3n) is 3.72. The predicted molar refractivity (Wildman–Crippen MR) is 93.1 cm³/mol. The first-order chi connectivity index (χ1) is 12.6. The zero-order chi connectivity index (χ0) is 18.5. The average molecular weight is 354 g/mol. The molecule has 2 aromatic carbocycles. The Balaban J connectivity index is 1.80. The summed E-state index contributed by atoms with van der Waals surface area (Å²) in [5.74, 6) is 0.671. The first kappa shape index (κ1) is 17.5. The standard InChI is InChI=1S/C19H18N2O5/c1-12(17-20-21-18(26-17)13-8-5-4-6-9-13)25-19(22)16-14(23-2)10-7-11-15(16)24-3/h4-12H,1-3H3/t12-/m0/s1. The second kappa shape index (κ2) is 7.69. The summed E-state index contributed by atoms with van der Waals surface area (Å²) < 4.78 is 21.5. The number of methoxy groups -OCH3 is 2. The molecular weight excluding hydrogens is 336 g/mol. The molecule has 0 spiro atoms. The Bertz CT molecular complexity index is 870. The van der Waals surface area contributed by atoms with Gasteiger partial charge >= 0.3 is 5.97 Å². The fraction of sp³-hybridized carbons (Fsp3) is 0.211. The van der Waals surface area contributed by atoms with Crippen LogP contribution in [-0.2, 0) is 4.74 Å². The average Bonchev–Trinajstić information content (AvgIpc) is 3.18. The Morgan fingerprint density at radius 2 is 1.62 bits per heavy atom. The van der Waals surface area contributed by atoms with Crippen molar-refractivity contribution in [2.75, 3.05) is 14.2 Å². The number of hydrogen-bond acceptors (Lipinski definition) is 7. The molecule has 7 nitrogen and oxygen atoms in total. The molecule has 0 aliphatic carbocycles. The van der Waals surface area contributed by atoms with Crippen molar-refractivity contribution in [3.8, 4) is 23.0 Å². The molecule has 0 radical (unpaired) electrons. The number of carbonyl (C=O) groups is 1. The minimum Gasteiger partial charge on any atom is -0.496 e. The number of esters is 1. The van der Waals surface area contributed by atoms with Crippen LogP contribution in [0.1, 0.15) is 29.3 Å². The van der Waals surface area contributed by atoms with Crippen molar-refractivity contribution in [2.45, 2.75) is 13.0 Å². The van der Waals surface area contributed by atoms with E-state index in [4.69, 9.17) is 18.6 Å². The summed E-state index contributed by atoms with van der Waals surface area (Å²) in [6, 6.07) is 14.4. The van der Waals surface area contributed by atoms with E-state index in [2.05, 4.69) is 10.2 Å². The molecule has 0 N–H and O–H groups in total. The molecule has 7 heteroatoms. The number of aromatic nitrogens is 2. The van der Waals surface area contributed by atoms with Gasteiger partial charge in [-0.2, -0.15) is 0 Å². The first-order valence-corrected chi connectivity index (χ1v) is 7.94. The Hall–Kier alpha value is -3.35. The molecule has 0 aliphatic rings. The van der Waals surface area contributed by atoms with Gasteiger partial charge in [-0.25, -0.2) is 4.79 Å². The van der Waals surface area contributed by atoms with Crippen LogP contribution in [0.15, 0.2) is 52.9 Å². The van der Waals surface area contributed by atoms with Crippen LogP contribution in [-0.4, -0.2) is 30.4 Å². The molecule has 0 saturated carbocycles. The summed E-state index contributed by atoms with van der Waals surface area (Å²) in [6.45, 7) is 1.65. The molecule has 1 heterocycles. The molecule has 1 aromatic heterocycles. The van der Waals surface area contributed by atoms with Gasteiger partial charge in [0.05, 0.1) is 14.2 Å². The molecule has 0 unspecified atom stereocenters. The normalized spacial score (nSPS) is 11.7. The van der Waals surface area contributed by atoms with E-state index in [-0.39, 0.29) is 11.5 Å². The summed E-state index contributed by atoms with van der Waals surface area (Å²) in [6.07, 6.45) is -0.734. The fourth-order valence-corrected chi connectivity index (χ4v) is 2.42. The highest BCUT2D eigenvalue weighted by Crippen LogP contribution is 2.31. The molecular formula is C19H18N2O5. The smallest absolute Gasteiger partial charge is 0.346 e. The van der Waals surface area contributed by atoms with Crippen LogP contribution >= 0.6 is 0 Å². The van der Waals surface area contributed by atoms with E-state index in [9.17, 15) is 4.79 Å². The Kier molecular flexibility index (Phi) is 5.17. The van der Waals surface area contributed by atoms with Gasteiger partial charge in [-0.15, -0.1) is 10.2 Å². The second-order valence-corrected chi connectivity index (χ2v) is 5.40. The van der Waals surface area contributed by atoms with Gasteiger partial charge in [0.1, 0.15) is 17.1 Å². The van der Waals surface area contributed by atoms with Crippen molar-refractivity contribution in [3.05, 3.63) is 60.0 Å². The van der Waals surface area contributed by atoms with Crippen LogP contribution in [0.2, 0.25) is 0 Å². The third-order valence-corrected chi connectivity index (χ3v) is 3.72. The SMILES string of the molecule is COc1cccc(OC)c1C(=O)O[C@@H](C)c1nnc(-c2ccccc2)o1. The summed E-state index contributed by atoms with van der Waals surface area (Å²) in [7, 11) is 2.94. The van der Waals surface area contributed by atoms with Crippen LogP contribution in [0.5, 0.6) is 11.5 Å². The summed E-state index contributed by atoms with van der Waals surface area (Å²) in [5.41, 5.74) is 0.989. The van der Waals surface area contributed by atoms with Crippen molar-refractivity contribution in [2.24, 2.45) is 0 Å². The van der Waals surface area contributed by atoms with Gasteiger partial charge < -0.3 is 18.6 Å². The van der Waals surface area contributed by atoms with E-state index >= 15 is 0 Å². The fourth-order valence-electron chi connectivity index (χ4n) is 2.42. The first-order valence-electron chi connectivity index (χ1n) is 7.94. The van der Waals surface area contributed by atoms with Gasteiger partial charge in [0.2, 0.25) is 5.89 Å². The lowest BCUT2D eigenvalue weighted by molar-refractivity contribution is 0.0273. The highest BCUT2D eigenvalue weighted by molar-refractivity contribution is 5.95. The van der Waals surface area contributed by atoms with Crippen LogP contribution < -0.4 is 9.47 Å². The molecule has 3 rings (SSSR count). The van der Waals surface area contributed by atoms with Crippen LogP contribution in [0.4, 0.5) is 0 Å². The number of rotatable bonds is 6. The third kappa shape index (κ3) is 3.51. The zero-order valence-electron chi connectivity index (χ0n) is 14.6. The second-order valence-electron chi connectivity index (χ2n) is 5.40. The lowest BCUT2D eigenvalue weighted by Gasteiger charge is -2.14. The van der Waals surface area contributed by atoms with E-state index in [1.165, 1.54) is 14.2 Å². The van der Waals surface area contributed by atoms with Gasteiger partial charge in [-0.3, -0.25) is 0 Å².